The molecule has 4 N–H and O–H groups in total. The molecule has 2 aromatic heterocycles. The average Bonchev–Trinajstić information content (AvgIpc) is 2.91. The quantitative estimate of drug-likeness (QED) is 0.324. The van der Waals surface area contributed by atoms with Gasteiger partial charge in [-0.15, -0.1) is 0 Å². The lowest BCUT2D eigenvalue weighted by Gasteiger charge is -2.33. The molecule has 5 rings (SSSR count). The number of aromatic nitrogens is 3. The van der Waals surface area contributed by atoms with Crippen molar-refractivity contribution in [2.45, 2.75) is 6.92 Å². The van der Waals surface area contributed by atoms with Crippen molar-refractivity contribution in [1.29, 1.82) is 0 Å². The van der Waals surface area contributed by atoms with E-state index in [1.807, 2.05) is 25.1 Å². The summed E-state index contributed by atoms with van der Waals surface area (Å²) in [6.45, 7) is 3.71. The first-order valence-electron chi connectivity index (χ1n) is 11.8. The Kier molecular flexibility index (Phi) is 8.41. The molecular formula is C24H28N8O6S. The highest BCUT2D eigenvalue weighted by atomic mass is 32.2. The van der Waals surface area contributed by atoms with Crippen molar-refractivity contribution < 1.29 is 27.9 Å². The average molecular weight is 557 g/mol. The molecule has 3 aromatic rings. The molecule has 2 aliphatic rings. The Labute approximate surface area is 225 Å². The van der Waals surface area contributed by atoms with E-state index in [9.17, 15) is 13.2 Å². The van der Waals surface area contributed by atoms with Crippen LogP contribution in [-0.4, -0.2) is 84.2 Å². The maximum atomic E-state index is 11.7. The highest BCUT2D eigenvalue weighted by Crippen LogP contribution is 2.32. The van der Waals surface area contributed by atoms with Crippen LogP contribution in [0.15, 0.2) is 42.7 Å². The number of benzene rings is 1. The Hall–Kier alpha value is -4.50. The minimum Gasteiger partial charge on any atom is -0.483 e. The van der Waals surface area contributed by atoms with Gasteiger partial charge in [0, 0.05) is 43.6 Å². The number of carbonyl (C=O) groups excluding carboxylic acids is 1. The van der Waals surface area contributed by atoms with Gasteiger partial charge in [-0.25, -0.2) is 18.4 Å². The zero-order chi connectivity index (χ0) is 28.0. The lowest BCUT2D eigenvalue weighted by molar-refractivity contribution is -0.123. The molecule has 4 heterocycles. The summed E-state index contributed by atoms with van der Waals surface area (Å²) in [7, 11) is -3.17. The number of nitrogens with one attached hydrogen (secondary N) is 3. The highest BCUT2D eigenvalue weighted by Gasteiger charge is 2.24. The van der Waals surface area contributed by atoms with E-state index in [0.29, 0.717) is 49.4 Å². The Morgan fingerprint density at radius 1 is 1.05 bits per heavy atom. The van der Waals surface area contributed by atoms with Crippen molar-refractivity contribution in [3.05, 3.63) is 48.3 Å². The zero-order valence-electron chi connectivity index (χ0n) is 21.3. The third-order valence-electron chi connectivity index (χ3n) is 5.88. The molecule has 14 nitrogen and oxygen atoms in total. The number of rotatable bonds is 6. The van der Waals surface area contributed by atoms with Crippen LogP contribution >= 0.6 is 0 Å². The summed E-state index contributed by atoms with van der Waals surface area (Å²) in [6, 6.07) is 9.20. The molecule has 0 atom stereocenters. The van der Waals surface area contributed by atoms with Crippen molar-refractivity contribution in [2.75, 3.05) is 59.9 Å². The molecule has 1 aromatic carbocycles. The molecule has 15 heteroatoms. The van der Waals surface area contributed by atoms with Crippen LogP contribution in [0.1, 0.15) is 5.56 Å². The number of hydrogen-bond acceptors (Lipinski definition) is 11. The third kappa shape index (κ3) is 7.08. The molecular weight excluding hydrogens is 528 g/mol. The van der Waals surface area contributed by atoms with Crippen LogP contribution < -0.4 is 25.6 Å². The molecule has 1 saturated heterocycles. The van der Waals surface area contributed by atoms with Crippen molar-refractivity contribution in [1.82, 2.24) is 19.3 Å². The summed E-state index contributed by atoms with van der Waals surface area (Å²) >= 11 is 0. The van der Waals surface area contributed by atoms with Crippen molar-refractivity contribution in [2.24, 2.45) is 0 Å². The van der Waals surface area contributed by atoms with E-state index in [1.54, 1.807) is 24.5 Å². The summed E-state index contributed by atoms with van der Waals surface area (Å²) in [4.78, 5) is 35.5. The van der Waals surface area contributed by atoms with E-state index in [1.165, 1.54) is 10.6 Å². The number of carbonyl (C=O) groups is 2. The van der Waals surface area contributed by atoms with Crippen LogP contribution in [0.2, 0.25) is 0 Å². The monoisotopic (exact) mass is 556 g/mol. The second kappa shape index (κ2) is 11.9. The van der Waals surface area contributed by atoms with Gasteiger partial charge in [0.15, 0.2) is 6.61 Å². The number of amides is 1. The summed E-state index contributed by atoms with van der Waals surface area (Å²) < 4.78 is 30.3. The van der Waals surface area contributed by atoms with Crippen LogP contribution in [-0.2, 0) is 19.6 Å². The van der Waals surface area contributed by atoms with Gasteiger partial charge in [0.2, 0.25) is 16.0 Å². The molecule has 1 amide bonds. The minimum atomic E-state index is -3.17. The van der Waals surface area contributed by atoms with Gasteiger partial charge < -0.3 is 30.7 Å². The van der Waals surface area contributed by atoms with Crippen molar-refractivity contribution in [3.8, 4) is 5.75 Å². The largest absolute Gasteiger partial charge is 0.483 e. The SMILES string of the molecule is Cc1cnc(Nc2ccc(N3CCN(S(C)(=O)=O)CC3)nc2)nc1Nc1ccc2c(c1)NC(=O)CO2.O=CO. The first kappa shape index (κ1) is 27.5. The molecule has 0 saturated carbocycles. The maximum absolute atomic E-state index is 11.7. The normalized spacial score (nSPS) is 15.1. The third-order valence-corrected chi connectivity index (χ3v) is 7.19. The number of pyridine rings is 1. The van der Waals surface area contributed by atoms with E-state index in [2.05, 4.69) is 35.8 Å². The summed E-state index contributed by atoms with van der Waals surface area (Å²) in [5.41, 5.74) is 2.91. The lowest BCUT2D eigenvalue weighted by atomic mass is 10.2. The fraction of sp³-hybridized carbons (Fsp3) is 0.292. The number of anilines is 6. The Morgan fingerprint density at radius 2 is 1.77 bits per heavy atom. The molecule has 2 aliphatic heterocycles. The van der Waals surface area contributed by atoms with E-state index >= 15 is 0 Å². The summed E-state index contributed by atoms with van der Waals surface area (Å²) in [6.07, 6.45) is 4.64. The fourth-order valence-electron chi connectivity index (χ4n) is 3.95. The summed E-state index contributed by atoms with van der Waals surface area (Å²) in [5, 5.41) is 16.1. The maximum Gasteiger partial charge on any atom is 0.290 e. The van der Waals surface area contributed by atoms with E-state index in [0.717, 1.165) is 22.8 Å². The minimum absolute atomic E-state index is 0.00940. The van der Waals surface area contributed by atoms with Gasteiger partial charge >= 0.3 is 0 Å². The van der Waals surface area contributed by atoms with Gasteiger partial charge in [-0.3, -0.25) is 9.59 Å². The molecule has 0 bridgehead atoms. The number of carboxylic acid groups (broad SMARTS) is 1. The highest BCUT2D eigenvalue weighted by molar-refractivity contribution is 7.88. The lowest BCUT2D eigenvalue weighted by Crippen LogP contribution is -2.48. The van der Waals surface area contributed by atoms with Crippen LogP contribution in [0.5, 0.6) is 5.75 Å². The number of nitrogens with zero attached hydrogens (tertiary/aromatic N) is 5. The van der Waals surface area contributed by atoms with E-state index in [4.69, 9.17) is 14.6 Å². The second-order valence-electron chi connectivity index (χ2n) is 8.68. The number of hydrogen-bond donors (Lipinski definition) is 4. The Bertz CT molecular complexity index is 1440. The van der Waals surface area contributed by atoms with Gasteiger partial charge in [0.1, 0.15) is 17.4 Å². The Morgan fingerprint density at radius 3 is 2.44 bits per heavy atom. The van der Waals surface area contributed by atoms with Gasteiger partial charge in [0.05, 0.1) is 23.8 Å². The number of sulfonamides is 1. The number of aryl methyl sites for hydroxylation is 1. The van der Waals surface area contributed by atoms with E-state index < -0.39 is 10.0 Å². The van der Waals surface area contributed by atoms with Crippen LogP contribution in [0.3, 0.4) is 0 Å². The summed E-state index contributed by atoms with van der Waals surface area (Å²) in [5.74, 6) is 2.22. The Balaban J connectivity index is 0.00000112. The standard InChI is InChI=1S/C23H26N8O4S.CH2O2/c1-15-12-25-23(29-22(15)26-16-3-5-19-18(11-16)28-21(32)14-35-19)27-17-4-6-20(24-13-17)30-7-9-31(10-8-30)36(2,33)34;2-1-3/h3-6,11-13H,7-10,14H2,1-2H3,(H,28,32)(H2,25,26,27,29);1H,(H,2,3). The van der Waals surface area contributed by atoms with E-state index in [-0.39, 0.29) is 19.0 Å². The number of piperazine rings is 1. The predicted octanol–water partition coefficient (Wildman–Crippen LogP) is 1.78. The number of fused-ring (bicyclic) bond motifs is 1. The van der Waals surface area contributed by atoms with Crippen molar-refractivity contribution in [3.63, 3.8) is 0 Å². The van der Waals surface area contributed by atoms with Crippen LogP contribution in [0.25, 0.3) is 0 Å². The first-order valence-corrected chi connectivity index (χ1v) is 13.7. The van der Waals surface area contributed by atoms with Gasteiger partial charge in [-0.1, -0.05) is 0 Å². The molecule has 0 aliphatic carbocycles. The predicted molar refractivity (Wildman–Crippen MR) is 145 cm³/mol. The molecule has 0 radical (unpaired) electrons. The van der Waals surface area contributed by atoms with Crippen LogP contribution in [0, 0.1) is 6.92 Å². The van der Waals surface area contributed by atoms with Gasteiger partial charge in [0.25, 0.3) is 12.4 Å². The smallest absolute Gasteiger partial charge is 0.290 e. The van der Waals surface area contributed by atoms with Gasteiger partial charge in [-0.05, 0) is 37.3 Å². The molecule has 0 spiro atoms. The fourth-order valence-corrected chi connectivity index (χ4v) is 4.78. The molecule has 0 unspecified atom stereocenters. The topological polar surface area (TPSA) is 179 Å². The second-order valence-corrected chi connectivity index (χ2v) is 10.7. The van der Waals surface area contributed by atoms with Crippen LogP contribution in [0.4, 0.5) is 34.6 Å². The zero-order valence-corrected chi connectivity index (χ0v) is 22.1. The molecule has 1 fully saturated rings. The number of ether oxygens (including phenoxy) is 1. The molecule has 39 heavy (non-hydrogen) atoms. The van der Waals surface area contributed by atoms with Crippen molar-refractivity contribution >= 4 is 57.0 Å². The van der Waals surface area contributed by atoms with Gasteiger partial charge in [-0.2, -0.15) is 9.29 Å². The first-order chi connectivity index (χ1) is 18.7. The molecule has 206 valence electrons.